The van der Waals surface area contributed by atoms with Gasteiger partial charge < -0.3 is 14.2 Å². The third kappa shape index (κ3) is 3.31. The smallest absolute Gasteiger partial charge is 0.191 e. The molecule has 0 aliphatic carbocycles. The summed E-state index contributed by atoms with van der Waals surface area (Å²) in [6, 6.07) is 5.35. The molecule has 1 atom stereocenters. The predicted octanol–water partition coefficient (Wildman–Crippen LogP) is 3.09. The number of carbonyl (C=O) groups is 1. The molecule has 0 spiro atoms. The van der Waals surface area contributed by atoms with Gasteiger partial charge in [-0.05, 0) is 31.0 Å². The maximum absolute atomic E-state index is 12.5. The van der Waals surface area contributed by atoms with Crippen molar-refractivity contribution in [2.75, 3.05) is 19.8 Å². The number of ketones is 1. The van der Waals surface area contributed by atoms with Gasteiger partial charge in [0.25, 0.3) is 0 Å². The highest BCUT2D eigenvalue weighted by molar-refractivity contribution is 6.00. The average molecular weight is 278 g/mol. The molecule has 4 heteroatoms. The van der Waals surface area contributed by atoms with Gasteiger partial charge in [-0.2, -0.15) is 0 Å². The summed E-state index contributed by atoms with van der Waals surface area (Å²) < 4.78 is 16.8. The fourth-order valence-electron chi connectivity index (χ4n) is 2.23. The molecule has 1 aliphatic heterocycles. The number of carbonyl (C=O) groups excluding carboxylic acids is 1. The average Bonchev–Trinajstić information content (AvgIpc) is 2.68. The first kappa shape index (κ1) is 14.9. The van der Waals surface area contributed by atoms with Crippen LogP contribution < -0.4 is 9.47 Å². The fourth-order valence-corrected chi connectivity index (χ4v) is 2.23. The minimum Gasteiger partial charge on any atom is -0.490 e. The highest BCUT2D eigenvalue weighted by atomic mass is 16.5. The lowest BCUT2D eigenvalue weighted by atomic mass is 9.97. The van der Waals surface area contributed by atoms with Gasteiger partial charge in [0.05, 0.1) is 13.2 Å². The van der Waals surface area contributed by atoms with E-state index in [-0.39, 0.29) is 11.7 Å². The molecule has 1 heterocycles. The van der Waals surface area contributed by atoms with Crippen LogP contribution in [0.4, 0.5) is 0 Å². The third-order valence-corrected chi connectivity index (χ3v) is 3.24. The summed E-state index contributed by atoms with van der Waals surface area (Å²) in [5.74, 6) is 1.49. The highest BCUT2D eigenvalue weighted by Gasteiger charge is 2.25. The molecule has 0 bridgehead atoms. The van der Waals surface area contributed by atoms with Crippen molar-refractivity contribution in [3.63, 3.8) is 0 Å². The Morgan fingerprint density at radius 1 is 1.25 bits per heavy atom. The van der Waals surface area contributed by atoms with Gasteiger partial charge in [-0.25, -0.2) is 0 Å². The van der Waals surface area contributed by atoms with Gasteiger partial charge in [-0.1, -0.05) is 13.8 Å². The molecule has 2 rings (SSSR count). The Morgan fingerprint density at radius 3 is 2.60 bits per heavy atom. The number of hydrogen-bond donors (Lipinski definition) is 0. The zero-order valence-electron chi connectivity index (χ0n) is 12.3. The van der Waals surface area contributed by atoms with Crippen molar-refractivity contribution in [3.05, 3.63) is 23.8 Å². The lowest BCUT2D eigenvalue weighted by Gasteiger charge is -2.20. The Kier molecular flexibility index (Phi) is 5.01. The zero-order chi connectivity index (χ0) is 14.5. The largest absolute Gasteiger partial charge is 0.490 e. The van der Waals surface area contributed by atoms with E-state index in [0.29, 0.717) is 36.9 Å². The predicted molar refractivity (Wildman–Crippen MR) is 76.6 cm³/mol. The lowest BCUT2D eigenvalue weighted by Crippen LogP contribution is -2.29. The number of benzene rings is 1. The molecule has 0 saturated heterocycles. The van der Waals surface area contributed by atoms with E-state index in [1.54, 1.807) is 18.2 Å². The normalized spacial score (nSPS) is 15.8. The van der Waals surface area contributed by atoms with Crippen LogP contribution in [-0.2, 0) is 4.74 Å². The molecule has 1 aromatic carbocycles. The van der Waals surface area contributed by atoms with E-state index in [0.717, 1.165) is 6.42 Å². The Morgan fingerprint density at radius 2 is 1.95 bits per heavy atom. The number of hydrogen-bond acceptors (Lipinski definition) is 4. The fraction of sp³-hybridized carbons (Fsp3) is 0.562. The van der Waals surface area contributed by atoms with Gasteiger partial charge in [0.1, 0.15) is 6.10 Å². The standard InChI is InChI=1S/C16H22O4/c1-4-18-16(11(2)3)15(17)12-6-7-13-14(10-12)20-9-5-8-19-13/h6-7,10-11,16H,4-5,8-9H2,1-3H3. The van der Waals surface area contributed by atoms with Crippen LogP contribution >= 0.6 is 0 Å². The molecule has 4 nitrogen and oxygen atoms in total. The van der Waals surface area contributed by atoms with Crippen molar-refractivity contribution < 1.29 is 19.0 Å². The van der Waals surface area contributed by atoms with E-state index in [1.165, 1.54) is 0 Å². The van der Waals surface area contributed by atoms with Crippen LogP contribution in [0.25, 0.3) is 0 Å². The van der Waals surface area contributed by atoms with Gasteiger partial charge >= 0.3 is 0 Å². The van der Waals surface area contributed by atoms with Crippen LogP contribution in [0, 0.1) is 5.92 Å². The first-order valence-electron chi connectivity index (χ1n) is 7.19. The first-order valence-corrected chi connectivity index (χ1v) is 7.19. The Balaban J connectivity index is 2.23. The number of fused-ring (bicyclic) bond motifs is 1. The maximum Gasteiger partial charge on any atom is 0.191 e. The molecule has 0 radical (unpaired) electrons. The SMILES string of the molecule is CCOC(C(=O)c1ccc2c(c1)OCCCO2)C(C)C. The van der Waals surface area contributed by atoms with E-state index in [1.807, 2.05) is 20.8 Å². The third-order valence-electron chi connectivity index (χ3n) is 3.24. The second kappa shape index (κ2) is 6.75. The summed E-state index contributed by atoms with van der Waals surface area (Å²) in [4.78, 5) is 12.5. The van der Waals surface area contributed by atoms with Crippen molar-refractivity contribution in [3.8, 4) is 11.5 Å². The highest BCUT2D eigenvalue weighted by Crippen LogP contribution is 2.31. The lowest BCUT2D eigenvalue weighted by molar-refractivity contribution is 0.0279. The summed E-state index contributed by atoms with van der Waals surface area (Å²) in [6.45, 7) is 7.66. The summed E-state index contributed by atoms with van der Waals surface area (Å²) in [6.07, 6.45) is 0.440. The van der Waals surface area contributed by atoms with Crippen molar-refractivity contribution in [2.45, 2.75) is 33.3 Å². The van der Waals surface area contributed by atoms with Crippen molar-refractivity contribution in [2.24, 2.45) is 5.92 Å². The molecule has 20 heavy (non-hydrogen) atoms. The maximum atomic E-state index is 12.5. The molecular weight excluding hydrogens is 256 g/mol. The van der Waals surface area contributed by atoms with Crippen LogP contribution in [0.1, 0.15) is 37.6 Å². The second-order valence-corrected chi connectivity index (χ2v) is 5.20. The van der Waals surface area contributed by atoms with E-state index >= 15 is 0 Å². The van der Waals surface area contributed by atoms with Crippen LogP contribution in [0.2, 0.25) is 0 Å². The van der Waals surface area contributed by atoms with Crippen LogP contribution in [0.5, 0.6) is 11.5 Å². The summed E-state index contributed by atoms with van der Waals surface area (Å²) in [5.41, 5.74) is 0.612. The topological polar surface area (TPSA) is 44.8 Å². The minimum atomic E-state index is -0.412. The van der Waals surface area contributed by atoms with E-state index in [9.17, 15) is 4.79 Å². The number of Topliss-reactive ketones (excluding diaryl/α,β-unsaturated/α-hetero) is 1. The second-order valence-electron chi connectivity index (χ2n) is 5.20. The molecule has 0 aromatic heterocycles. The minimum absolute atomic E-state index is 0.00232. The molecular formula is C16H22O4. The quantitative estimate of drug-likeness (QED) is 0.776. The number of rotatable bonds is 5. The molecule has 0 saturated carbocycles. The summed E-state index contributed by atoms with van der Waals surface area (Å²) in [7, 11) is 0. The molecule has 1 unspecified atom stereocenters. The van der Waals surface area contributed by atoms with Gasteiger partial charge in [0.15, 0.2) is 17.3 Å². The van der Waals surface area contributed by atoms with Gasteiger partial charge in [-0.3, -0.25) is 4.79 Å². The summed E-state index contributed by atoms with van der Waals surface area (Å²) >= 11 is 0. The Hall–Kier alpha value is -1.55. The van der Waals surface area contributed by atoms with Crippen LogP contribution in [0.15, 0.2) is 18.2 Å². The Bertz CT molecular complexity index is 468. The van der Waals surface area contributed by atoms with Gasteiger partial charge in [0, 0.05) is 18.6 Å². The van der Waals surface area contributed by atoms with E-state index < -0.39 is 6.10 Å². The monoisotopic (exact) mass is 278 g/mol. The zero-order valence-corrected chi connectivity index (χ0v) is 12.3. The van der Waals surface area contributed by atoms with E-state index in [4.69, 9.17) is 14.2 Å². The number of ether oxygens (including phenoxy) is 3. The van der Waals surface area contributed by atoms with Gasteiger partial charge in [-0.15, -0.1) is 0 Å². The van der Waals surface area contributed by atoms with Crippen molar-refractivity contribution >= 4 is 5.78 Å². The summed E-state index contributed by atoms with van der Waals surface area (Å²) in [5, 5.41) is 0. The van der Waals surface area contributed by atoms with Crippen LogP contribution in [0.3, 0.4) is 0 Å². The van der Waals surface area contributed by atoms with Gasteiger partial charge in [0.2, 0.25) is 0 Å². The Labute approximate surface area is 120 Å². The molecule has 110 valence electrons. The van der Waals surface area contributed by atoms with E-state index in [2.05, 4.69) is 0 Å². The molecule has 0 amide bonds. The van der Waals surface area contributed by atoms with Crippen LogP contribution in [-0.4, -0.2) is 31.7 Å². The molecule has 0 N–H and O–H groups in total. The van der Waals surface area contributed by atoms with Crippen molar-refractivity contribution in [1.82, 2.24) is 0 Å². The first-order chi connectivity index (χ1) is 9.63. The van der Waals surface area contributed by atoms with Crippen molar-refractivity contribution in [1.29, 1.82) is 0 Å². The molecule has 1 aliphatic rings. The molecule has 1 aromatic rings. The molecule has 0 fully saturated rings.